The van der Waals surface area contributed by atoms with Gasteiger partial charge in [0.25, 0.3) is 5.88 Å². The highest BCUT2D eigenvalue weighted by Crippen LogP contribution is 2.38. The SMILES string of the molecule is COc1cc2sc(C(=O)CC(C)C(=O)O)cc2cc1OCCCOc1cc2sc(C(=O)CC(C)C(=O)O)cc2nc1OC. The molecular formula is C30H31NO10S2. The summed E-state index contributed by atoms with van der Waals surface area (Å²) in [6, 6.07) is 8.68. The number of hydrogen-bond donors (Lipinski definition) is 2. The first kappa shape index (κ1) is 31.7. The zero-order valence-electron chi connectivity index (χ0n) is 24.0. The molecule has 2 atom stereocenters. The minimum atomic E-state index is -1.02. The van der Waals surface area contributed by atoms with Crippen LogP contribution in [0, 0.1) is 11.8 Å². The molecule has 0 radical (unpaired) electrons. The van der Waals surface area contributed by atoms with Crippen LogP contribution in [0.25, 0.3) is 20.3 Å². The van der Waals surface area contributed by atoms with Gasteiger partial charge in [-0.3, -0.25) is 19.2 Å². The molecule has 4 aromatic rings. The first-order valence-corrected chi connectivity index (χ1v) is 15.0. The van der Waals surface area contributed by atoms with Crippen molar-refractivity contribution in [1.82, 2.24) is 4.98 Å². The quantitative estimate of drug-likeness (QED) is 0.111. The Morgan fingerprint density at radius 3 is 1.88 bits per heavy atom. The third-order valence-electron chi connectivity index (χ3n) is 6.61. The lowest BCUT2D eigenvalue weighted by molar-refractivity contribution is -0.141. The number of carboxylic acid groups (broad SMARTS) is 2. The van der Waals surface area contributed by atoms with Gasteiger partial charge in [-0.2, -0.15) is 0 Å². The van der Waals surface area contributed by atoms with Crippen molar-refractivity contribution in [2.45, 2.75) is 33.1 Å². The van der Waals surface area contributed by atoms with Crippen LogP contribution in [0.5, 0.6) is 23.1 Å². The number of nitrogens with zero attached hydrogens (tertiary/aromatic N) is 1. The second kappa shape index (κ2) is 13.8. The Kier molecular flexibility index (Phi) is 10.2. The average molecular weight is 630 g/mol. The maximum Gasteiger partial charge on any atom is 0.306 e. The third kappa shape index (κ3) is 7.59. The highest BCUT2D eigenvalue weighted by molar-refractivity contribution is 7.21. The van der Waals surface area contributed by atoms with Gasteiger partial charge in [-0.25, -0.2) is 4.98 Å². The summed E-state index contributed by atoms with van der Waals surface area (Å²) in [6.45, 7) is 3.57. The standard InChI is InChI=1S/C30H31NO10S2/c1-15(29(34)35)8-19(32)26-11-17-10-22(21(38-3)13-24(17)42-26)40-6-5-7-41-23-14-25-18(31-28(23)39-4)12-27(43-25)20(33)9-16(2)30(36)37/h10-16H,5-9H2,1-4H3,(H,34,35)(H,36,37). The van der Waals surface area contributed by atoms with Crippen molar-refractivity contribution in [3.05, 3.63) is 40.1 Å². The van der Waals surface area contributed by atoms with Crippen LogP contribution in [0.4, 0.5) is 0 Å². The molecule has 0 saturated carbocycles. The summed E-state index contributed by atoms with van der Waals surface area (Å²) in [5.41, 5.74) is 0.557. The van der Waals surface area contributed by atoms with Gasteiger partial charge in [-0.15, -0.1) is 22.7 Å². The summed E-state index contributed by atoms with van der Waals surface area (Å²) in [7, 11) is 2.99. The predicted octanol–water partition coefficient (Wildman–Crippen LogP) is 5.96. The molecule has 3 aromatic heterocycles. The topological polar surface area (TPSA) is 159 Å². The number of methoxy groups -OCH3 is 2. The summed E-state index contributed by atoms with van der Waals surface area (Å²) in [5.74, 6) is -2.40. The number of Topliss-reactive ketones (excluding diaryl/α,β-unsaturated/α-hetero) is 2. The average Bonchev–Trinajstić information content (AvgIpc) is 3.59. The molecule has 0 aliphatic carbocycles. The highest BCUT2D eigenvalue weighted by Gasteiger charge is 2.21. The number of pyridine rings is 1. The number of hydrogen-bond acceptors (Lipinski definition) is 11. The molecule has 3 heterocycles. The van der Waals surface area contributed by atoms with Gasteiger partial charge in [0.1, 0.15) is 0 Å². The molecule has 0 saturated heterocycles. The van der Waals surface area contributed by atoms with Crippen LogP contribution in [0.15, 0.2) is 30.3 Å². The van der Waals surface area contributed by atoms with Gasteiger partial charge in [0.2, 0.25) is 0 Å². The second-order valence-electron chi connectivity index (χ2n) is 9.93. The Bertz CT molecular complexity index is 1550. The predicted molar refractivity (Wildman–Crippen MR) is 162 cm³/mol. The number of ketones is 2. The molecule has 11 nitrogen and oxygen atoms in total. The van der Waals surface area contributed by atoms with Gasteiger partial charge in [0.15, 0.2) is 28.8 Å². The summed E-state index contributed by atoms with van der Waals surface area (Å²) in [6.07, 6.45) is 0.329. The first-order valence-electron chi connectivity index (χ1n) is 13.4. The number of aliphatic carboxylic acids is 2. The van der Waals surface area contributed by atoms with Crippen LogP contribution in [0.1, 0.15) is 52.5 Å². The first-order chi connectivity index (χ1) is 20.5. The number of carboxylic acids is 2. The van der Waals surface area contributed by atoms with Crippen molar-refractivity contribution in [2.75, 3.05) is 27.4 Å². The Balaban J connectivity index is 1.38. The van der Waals surface area contributed by atoms with Crippen LogP contribution < -0.4 is 18.9 Å². The molecule has 0 fully saturated rings. The normalized spacial score (nSPS) is 12.6. The Hall–Kier alpha value is -4.23. The van der Waals surface area contributed by atoms with E-state index in [0.717, 1.165) is 10.1 Å². The summed E-state index contributed by atoms with van der Waals surface area (Å²) in [5, 5.41) is 19.0. The largest absolute Gasteiger partial charge is 0.493 e. The molecule has 1 aromatic carbocycles. The maximum atomic E-state index is 12.6. The minimum absolute atomic E-state index is 0.0757. The molecule has 0 aliphatic rings. The van der Waals surface area contributed by atoms with Crippen LogP contribution >= 0.6 is 22.7 Å². The lowest BCUT2D eigenvalue weighted by Gasteiger charge is -2.12. The smallest absolute Gasteiger partial charge is 0.306 e. The molecule has 2 N–H and O–H groups in total. The number of thiophene rings is 2. The van der Waals surface area contributed by atoms with Crippen LogP contribution in [-0.4, -0.2) is 66.1 Å². The van der Waals surface area contributed by atoms with Gasteiger partial charge in [-0.1, -0.05) is 13.8 Å². The van der Waals surface area contributed by atoms with Gasteiger partial charge in [0, 0.05) is 36.1 Å². The van der Waals surface area contributed by atoms with Crippen molar-refractivity contribution < 1.29 is 48.3 Å². The summed E-state index contributed by atoms with van der Waals surface area (Å²) >= 11 is 2.50. The number of ether oxygens (including phenoxy) is 4. The number of rotatable bonds is 16. The van der Waals surface area contributed by atoms with Gasteiger partial charge in [0.05, 0.1) is 59.2 Å². The van der Waals surface area contributed by atoms with Crippen LogP contribution in [0.2, 0.25) is 0 Å². The molecule has 0 amide bonds. The van der Waals surface area contributed by atoms with Crippen molar-refractivity contribution in [2.24, 2.45) is 11.8 Å². The maximum absolute atomic E-state index is 12.6. The third-order valence-corrected chi connectivity index (χ3v) is 8.86. The van der Waals surface area contributed by atoms with E-state index in [-0.39, 0.29) is 36.9 Å². The van der Waals surface area contributed by atoms with Crippen molar-refractivity contribution in [3.8, 4) is 23.1 Å². The zero-order valence-corrected chi connectivity index (χ0v) is 25.6. The van der Waals surface area contributed by atoms with Gasteiger partial charge >= 0.3 is 11.9 Å². The second-order valence-corrected chi connectivity index (χ2v) is 12.1. The minimum Gasteiger partial charge on any atom is -0.493 e. The highest BCUT2D eigenvalue weighted by atomic mass is 32.1. The molecule has 2 unspecified atom stereocenters. The Morgan fingerprint density at radius 2 is 1.30 bits per heavy atom. The van der Waals surface area contributed by atoms with E-state index < -0.39 is 23.8 Å². The van der Waals surface area contributed by atoms with Crippen molar-refractivity contribution in [1.29, 1.82) is 0 Å². The zero-order chi connectivity index (χ0) is 31.3. The Labute approximate surface area is 255 Å². The molecule has 0 spiro atoms. The molecule has 228 valence electrons. The van der Waals surface area contributed by atoms with Crippen LogP contribution in [-0.2, 0) is 9.59 Å². The lowest BCUT2D eigenvalue weighted by atomic mass is 10.0. The fourth-order valence-corrected chi connectivity index (χ4v) is 6.13. The number of carbonyl (C=O) groups is 4. The number of benzene rings is 1. The van der Waals surface area contributed by atoms with E-state index in [0.29, 0.717) is 50.2 Å². The number of fused-ring (bicyclic) bond motifs is 2. The van der Waals surface area contributed by atoms with E-state index >= 15 is 0 Å². The van der Waals surface area contributed by atoms with E-state index in [2.05, 4.69) is 4.98 Å². The molecule has 4 rings (SSSR count). The molecule has 13 heteroatoms. The number of aromatic nitrogens is 1. The van der Waals surface area contributed by atoms with E-state index in [9.17, 15) is 19.2 Å². The molecular weight excluding hydrogens is 598 g/mol. The van der Waals surface area contributed by atoms with Crippen molar-refractivity contribution in [3.63, 3.8) is 0 Å². The van der Waals surface area contributed by atoms with E-state index in [4.69, 9.17) is 29.2 Å². The summed E-state index contributed by atoms with van der Waals surface area (Å²) in [4.78, 5) is 52.7. The summed E-state index contributed by atoms with van der Waals surface area (Å²) < 4.78 is 24.3. The van der Waals surface area contributed by atoms with E-state index in [1.54, 1.807) is 30.3 Å². The number of carbonyl (C=O) groups excluding carboxylic acids is 2. The molecule has 43 heavy (non-hydrogen) atoms. The fourth-order valence-electron chi connectivity index (χ4n) is 4.13. The fraction of sp³-hybridized carbons (Fsp3) is 0.367. The molecule has 0 bridgehead atoms. The van der Waals surface area contributed by atoms with Gasteiger partial charge < -0.3 is 29.2 Å². The van der Waals surface area contributed by atoms with Crippen LogP contribution in [0.3, 0.4) is 0 Å². The molecule has 0 aliphatic heterocycles. The van der Waals surface area contributed by atoms with E-state index in [1.165, 1.54) is 50.7 Å². The lowest BCUT2D eigenvalue weighted by Crippen LogP contribution is -2.13. The van der Waals surface area contributed by atoms with Crippen molar-refractivity contribution >= 4 is 66.5 Å². The monoisotopic (exact) mass is 629 g/mol. The van der Waals surface area contributed by atoms with Gasteiger partial charge in [-0.05, 0) is 23.6 Å². The Morgan fingerprint density at radius 1 is 0.744 bits per heavy atom. The van der Waals surface area contributed by atoms with E-state index in [1.807, 2.05) is 0 Å².